The topological polar surface area (TPSA) is 81.2 Å². The minimum atomic E-state index is -0.424. The second-order valence-electron chi connectivity index (χ2n) is 7.42. The van der Waals surface area contributed by atoms with E-state index in [4.69, 9.17) is 14.2 Å². The van der Waals surface area contributed by atoms with Crippen molar-refractivity contribution in [2.75, 3.05) is 25.6 Å². The molecule has 0 aliphatic rings. The molecule has 0 aliphatic heterocycles. The van der Waals surface area contributed by atoms with E-state index < -0.39 is 6.03 Å². The number of urea groups is 1. The van der Waals surface area contributed by atoms with Gasteiger partial charge in [0.15, 0.2) is 11.5 Å². The van der Waals surface area contributed by atoms with E-state index in [2.05, 4.69) is 28.0 Å². The van der Waals surface area contributed by atoms with E-state index in [1.54, 1.807) is 25.3 Å². The molecule has 0 bridgehead atoms. The zero-order chi connectivity index (χ0) is 23.5. The molecule has 3 rings (SSSR count). The van der Waals surface area contributed by atoms with E-state index in [1.807, 2.05) is 50.2 Å². The highest BCUT2D eigenvalue weighted by atomic mass is 16.5. The molecule has 33 heavy (non-hydrogen) atoms. The minimum Gasteiger partial charge on any atom is -0.493 e. The maximum Gasteiger partial charge on any atom is 0.339 e. The number of anilines is 1. The normalized spacial score (nSPS) is 10.6. The van der Waals surface area contributed by atoms with E-state index in [-0.39, 0.29) is 0 Å². The maximum atomic E-state index is 11.9. The summed E-state index contributed by atoms with van der Waals surface area (Å²) in [7, 11) is 1.58. The average Bonchev–Trinajstić information content (AvgIpc) is 2.82. The Morgan fingerprint density at radius 1 is 0.909 bits per heavy atom. The molecule has 0 aromatic heterocycles. The van der Waals surface area contributed by atoms with Crippen molar-refractivity contribution in [3.63, 3.8) is 0 Å². The lowest BCUT2D eigenvalue weighted by molar-refractivity contribution is 0.239. The largest absolute Gasteiger partial charge is 0.493 e. The van der Waals surface area contributed by atoms with Gasteiger partial charge in [-0.2, -0.15) is 5.10 Å². The van der Waals surface area contributed by atoms with Gasteiger partial charge >= 0.3 is 6.03 Å². The Kier molecular flexibility index (Phi) is 8.71. The lowest BCUT2D eigenvalue weighted by atomic mass is 10.1. The summed E-state index contributed by atoms with van der Waals surface area (Å²) in [5.74, 6) is 2.13. The zero-order valence-electron chi connectivity index (χ0n) is 19.1. The van der Waals surface area contributed by atoms with E-state index >= 15 is 0 Å². The minimum absolute atomic E-state index is 0.424. The van der Waals surface area contributed by atoms with Crippen LogP contribution in [0.4, 0.5) is 10.5 Å². The van der Waals surface area contributed by atoms with Crippen molar-refractivity contribution in [3.8, 4) is 17.2 Å². The molecule has 3 aromatic carbocycles. The van der Waals surface area contributed by atoms with Crippen LogP contribution in [0.2, 0.25) is 0 Å². The van der Waals surface area contributed by atoms with Gasteiger partial charge in [-0.3, -0.25) is 0 Å². The number of para-hydroxylation sites is 1. The van der Waals surface area contributed by atoms with Crippen LogP contribution in [0.5, 0.6) is 17.2 Å². The van der Waals surface area contributed by atoms with Gasteiger partial charge < -0.3 is 19.5 Å². The van der Waals surface area contributed by atoms with Crippen LogP contribution in [0.1, 0.15) is 23.1 Å². The number of benzene rings is 3. The molecule has 2 amide bonds. The number of amides is 2. The third-order valence-electron chi connectivity index (χ3n) is 4.75. The molecular weight excluding hydrogens is 418 g/mol. The van der Waals surface area contributed by atoms with Crippen molar-refractivity contribution >= 4 is 17.9 Å². The predicted octanol–water partition coefficient (Wildman–Crippen LogP) is 5.32. The smallest absolute Gasteiger partial charge is 0.339 e. The molecule has 0 saturated heterocycles. The van der Waals surface area contributed by atoms with Gasteiger partial charge in [0.05, 0.1) is 26.5 Å². The molecule has 0 saturated carbocycles. The van der Waals surface area contributed by atoms with Gasteiger partial charge in [0.2, 0.25) is 0 Å². The lowest BCUT2D eigenvalue weighted by Gasteiger charge is -2.12. The van der Waals surface area contributed by atoms with Crippen LogP contribution in [0.3, 0.4) is 0 Å². The molecule has 7 nitrogen and oxygen atoms in total. The van der Waals surface area contributed by atoms with E-state index in [0.717, 1.165) is 23.3 Å². The van der Waals surface area contributed by atoms with Gasteiger partial charge in [-0.05, 0) is 66.9 Å². The first-order valence-corrected chi connectivity index (χ1v) is 10.7. The van der Waals surface area contributed by atoms with Crippen molar-refractivity contribution in [2.24, 2.45) is 5.10 Å². The summed E-state index contributed by atoms with van der Waals surface area (Å²) in [6.45, 7) is 5.14. The van der Waals surface area contributed by atoms with Gasteiger partial charge in [-0.15, -0.1) is 0 Å². The summed E-state index contributed by atoms with van der Waals surface area (Å²) < 4.78 is 17.1. The summed E-state index contributed by atoms with van der Waals surface area (Å²) >= 11 is 0. The Morgan fingerprint density at radius 3 is 2.42 bits per heavy atom. The van der Waals surface area contributed by atoms with Gasteiger partial charge in [0.1, 0.15) is 5.75 Å². The molecule has 2 N–H and O–H groups in total. The van der Waals surface area contributed by atoms with Crippen LogP contribution < -0.4 is 25.0 Å². The summed E-state index contributed by atoms with van der Waals surface area (Å²) in [5.41, 5.74) is 6.18. The predicted molar refractivity (Wildman–Crippen MR) is 131 cm³/mol. The second-order valence-corrected chi connectivity index (χ2v) is 7.42. The third kappa shape index (κ3) is 7.57. The Hall–Kier alpha value is -4.00. The van der Waals surface area contributed by atoms with Crippen molar-refractivity contribution in [2.45, 2.75) is 20.3 Å². The Morgan fingerprint density at radius 2 is 1.67 bits per heavy atom. The molecule has 7 heteroatoms. The molecule has 0 atom stereocenters. The molecular formula is C26H29N3O4. The van der Waals surface area contributed by atoms with E-state index in [0.29, 0.717) is 30.4 Å². The van der Waals surface area contributed by atoms with Crippen molar-refractivity contribution in [3.05, 3.63) is 83.4 Å². The Labute approximate surface area is 194 Å². The van der Waals surface area contributed by atoms with E-state index in [9.17, 15) is 4.79 Å². The number of nitrogens with one attached hydrogen (secondary N) is 2. The zero-order valence-corrected chi connectivity index (χ0v) is 19.1. The van der Waals surface area contributed by atoms with Gasteiger partial charge in [-0.1, -0.05) is 30.3 Å². The van der Waals surface area contributed by atoms with Gasteiger partial charge in [-0.25, -0.2) is 10.2 Å². The summed E-state index contributed by atoms with van der Waals surface area (Å²) in [6.07, 6.45) is 2.27. The first-order chi connectivity index (χ1) is 16.0. The van der Waals surface area contributed by atoms with Crippen molar-refractivity contribution in [1.82, 2.24) is 5.43 Å². The quantitative estimate of drug-likeness (QED) is 0.251. The fourth-order valence-electron chi connectivity index (χ4n) is 3.02. The lowest BCUT2D eigenvalue weighted by Crippen LogP contribution is -2.24. The van der Waals surface area contributed by atoms with Crippen LogP contribution in [0, 0.1) is 13.8 Å². The number of nitrogens with zero attached hydrogens (tertiary/aromatic N) is 1. The standard InChI is InChI=1S/C26H29N3O4/c1-19-10-11-20(2)24(16-19)33-15-7-14-32-23-13-12-21(17-25(23)31-3)18-27-29-26(30)28-22-8-5-4-6-9-22/h4-6,8-13,16-18H,7,14-15H2,1-3H3,(H2,28,29,30)/b27-18+. The second kappa shape index (κ2) is 12.1. The first kappa shape index (κ1) is 23.7. The fourth-order valence-corrected chi connectivity index (χ4v) is 3.02. The first-order valence-electron chi connectivity index (χ1n) is 10.7. The van der Waals surface area contributed by atoms with Gasteiger partial charge in [0, 0.05) is 12.1 Å². The van der Waals surface area contributed by atoms with Crippen molar-refractivity contribution in [1.29, 1.82) is 0 Å². The number of hydrogen-bond donors (Lipinski definition) is 2. The molecule has 3 aromatic rings. The summed E-state index contributed by atoms with van der Waals surface area (Å²) in [5, 5.41) is 6.66. The number of carbonyl (C=O) groups excluding carboxylic acids is 1. The van der Waals surface area contributed by atoms with Crippen LogP contribution in [-0.4, -0.2) is 32.6 Å². The summed E-state index contributed by atoms with van der Waals surface area (Å²) in [6, 6.07) is 20.3. The van der Waals surface area contributed by atoms with Crippen molar-refractivity contribution < 1.29 is 19.0 Å². The summed E-state index contributed by atoms with van der Waals surface area (Å²) in [4.78, 5) is 11.9. The number of methoxy groups -OCH3 is 1. The number of rotatable bonds is 10. The SMILES string of the molecule is COc1cc(/C=N/NC(=O)Nc2ccccc2)ccc1OCCCOc1cc(C)ccc1C. The molecule has 0 heterocycles. The highest BCUT2D eigenvalue weighted by Gasteiger charge is 2.06. The molecule has 0 radical (unpaired) electrons. The van der Waals surface area contributed by atoms with Crippen LogP contribution in [-0.2, 0) is 0 Å². The van der Waals surface area contributed by atoms with Crippen LogP contribution in [0.25, 0.3) is 0 Å². The van der Waals surface area contributed by atoms with E-state index in [1.165, 1.54) is 11.8 Å². The Balaban J connectivity index is 1.45. The number of carbonyl (C=O) groups is 1. The van der Waals surface area contributed by atoms with Gasteiger partial charge in [0.25, 0.3) is 0 Å². The molecule has 0 fully saturated rings. The van der Waals surface area contributed by atoms with Crippen LogP contribution >= 0.6 is 0 Å². The molecule has 0 unspecified atom stereocenters. The number of aryl methyl sites for hydroxylation is 2. The maximum absolute atomic E-state index is 11.9. The molecule has 0 aliphatic carbocycles. The number of hydrazone groups is 1. The molecule has 172 valence electrons. The Bertz CT molecular complexity index is 1080. The van der Waals surface area contributed by atoms with Crippen LogP contribution in [0.15, 0.2) is 71.8 Å². The monoisotopic (exact) mass is 447 g/mol. The number of ether oxygens (including phenoxy) is 3. The fraction of sp³-hybridized carbons (Fsp3) is 0.231. The molecule has 0 spiro atoms. The highest BCUT2D eigenvalue weighted by molar-refractivity contribution is 5.90. The average molecular weight is 448 g/mol. The third-order valence-corrected chi connectivity index (χ3v) is 4.75. The number of hydrogen-bond acceptors (Lipinski definition) is 5. The highest BCUT2D eigenvalue weighted by Crippen LogP contribution is 2.27.